The molecule has 1 N–H and O–H groups in total. The molecule has 32 heavy (non-hydrogen) atoms. The first-order chi connectivity index (χ1) is 15.1. The summed E-state index contributed by atoms with van der Waals surface area (Å²) in [5.41, 5.74) is 0.355. The lowest BCUT2D eigenvalue weighted by atomic mass is 10.1. The lowest BCUT2D eigenvalue weighted by molar-refractivity contribution is -0.166. The van der Waals surface area contributed by atoms with Gasteiger partial charge in [0.1, 0.15) is 12.7 Å². The molecule has 3 rings (SSSR count). The Hall–Kier alpha value is -3.32. The Kier molecular flexibility index (Phi) is 6.89. The van der Waals surface area contributed by atoms with Gasteiger partial charge in [-0.25, -0.2) is 4.98 Å². The largest absolute Gasteiger partial charge is 0.463 e. The molecule has 1 saturated heterocycles. The molecule has 0 bridgehead atoms. The molecule has 1 aliphatic heterocycles. The van der Waals surface area contributed by atoms with Gasteiger partial charge in [0.2, 0.25) is 11.2 Å². The van der Waals surface area contributed by atoms with Crippen molar-refractivity contribution in [1.82, 2.24) is 19.5 Å². The summed E-state index contributed by atoms with van der Waals surface area (Å²) in [7, 11) is 0. The van der Waals surface area contributed by atoms with Gasteiger partial charge in [0.05, 0.1) is 6.33 Å². The van der Waals surface area contributed by atoms with Gasteiger partial charge >= 0.3 is 17.9 Å². The lowest BCUT2D eigenvalue weighted by Crippen LogP contribution is -2.40. The first-order valence-electron chi connectivity index (χ1n) is 9.37. The Morgan fingerprint density at radius 3 is 2.31 bits per heavy atom. The van der Waals surface area contributed by atoms with Crippen molar-refractivity contribution in [2.75, 3.05) is 11.9 Å². The maximum absolute atomic E-state index is 11.8. The Morgan fingerprint density at radius 2 is 1.72 bits per heavy atom. The summed E-state index contributed by atoms with van der Waals surface area (Å²) >= 11 is 6.01. The smallest absolute Gasteiger partial charge is 0.303 e. The van der Waals surface area contributed by atoms with Crippen LogP contribution < -0.4 is 5.32 Å². The average molecular weight is 470 g/mol. The van der Waals surface area contributed by atoms with Crippen molar-refractivity contribution in [2.45, 2.75) is 52.2 Å². The highest BCUT2D eigenvalue weighted by atomic mass is 35.5. The number of aromatic nitrogens is 4. The molecule has 0 saturated carbocycles. The molecular weight excluding hydrogens is 450 g/mol. The minimum Gasteiger partial charge on any atom is -0.463 e. The summed E-state index contributed by atoms with van der Waals surface area (Å²) in [4.78, 5) is 58.6. The highest BCUT2D eigenvalue weighted by Gasteiger charge is 2.51. The summed E-state index contributed by atoms with van der Waals surface area (Å²) in [5.74, 6) is -2.22. The number of imidazole rings is 1. The molecule has 1 amide bonds. The van der Waals surface area contributed by atoms with Crippen molar-refractivity contribution >= 4 is 52.4 Å². The highest BCUT2D eigenvalue weighted by molar-refractivity contribution is 6.28. The van der Waals surface area contributed by atoms with Crippen LogP contribution in [-0.4, -0.2) is 68.3 Å². The van der Waals surface area contributed by atoms with E-state index in [0.717, 1.165) is 0 Å². The summed E-state index contributed by atoms with van der Waals surface area (Å²) < 4.78 is 23.1. The third-order valence-corrected chi connectivity index (χ3v) is 4.47. The van der Waals surface area contributed by atoms with Gasteiger partial charge in [-0.1, -0.05) is 0 Å². The van der Waals surface area contributed by atoms with Gasteiger partial charge in [0, 0.05) is 27.7 Å². The molecule has 0 aromatic carbocycles. The van der Waals surface area contributed by atoms with Crippen molar-refractivity contribution in [1.29, 1.82) is 0 Å². The predicted molar refractivity (Wildman–Crippen MR) is 106 cm³/mol. The molecule has 0 aliphatic carbocycles. The van der Waals surface area contributed by atoms with E-state index >= 15 is 0 Å². The molecule has 3 heterocycles. The molecule has 14 heteroatoms. The van der Waals surface area contributed by atoms with Gasteiger partial charge in [-0.05, 0) is 11.6 Å². The average Bonchev–Trinajstić information content (AvgIpc) is 3.21. The molecule has 0 radical (unpaired) electrons. The summed E-state index contributed by atoms with van der Waals surface area (Å²) in [5, 5.41) is 2.33. The fourth-order valence-corrected chi connectivity index (χ4v) is 3.41. The first-order valence-corrected chi connectivity index (χ1v) is 9.75. The number of carbonyl (C=O) groups excluding carboxylic acids is 4. The van der Waals surface area contributed by atoms with Gasteiger partial charge in [0.15, 0.2) is 35.4 Å². The van der Waals surface area contributed by atoms with Crippen LogP contribution in [0.25, 0.3) is 11.2 Å². The summed E-state index contributed by atoms with van der Waals surface area (Å²) in [6.45, 7) is 4.60. The van der Waals surface area contributed by atoms with E-state index in [1.165, 1.54) is 38.6 Å². The van der Waals surface area contributed by atoms with Gasteiger partial charge < -0.3 is 24.3 Å². The standard InChI is InChI=1S/C18H20ClN5O8/c1-7(25)21-15-12-16(23-18(19)22-15)24(6-20-12)17-14(31-10(4)28)13(30-9(3)27)11(32-17)5-29-8(2)26/h6,11,13-14,17H,5H2,1-4H3,(H,21,22,23,25)/t11-,13-,14-,17-/m1/s1. The Labute approximate surface area is 186 Å². The number of nitrogens with zero attached hydrogens (tertiary/aromatic N) is 4. The molecule has 172 valence electrons. The number of esters is 3. The SMILES string of the molecule is CC(=O)Nc1nc(Cl)nc2c1ncn2[C@@H]1O[C@H](COC(C)=O)[C@@H](OC(C)=O)[C@H]1OC(C)=O. The van der Waals surface area contributed by atoms with Crippen molar-refractivity contribution in [3.05, 3.63) is 11.6 Å². The number of rotatable bonds is 6. The van der Waals surface area contributed by atoms with Crippen LogP contribution in [-0.2, 0) is 38.1 Å². The van der Waals surface area contributed by atoms with E-state index in [-0.39, 0.29) is 28.9 Å². The molecule has 2 aromatic rings. The maximum atomic E-state index is 11.8. The predicted octanol–water partition coefficient (Wildman–Crippen LogP) is 0.762. The van der Waals surface area contributed by atoms with E-state index in [0.29, 0.717) is 0 Å². The van der Waals surface area contributed by atoms with Crippen LogP contribution >= 0.6 is 11.6 Å². The number of anilines is 1. The number of nitrogens with one attached hydrogen (secondary N) is 1. The van der Waals surface area contributed by atoms with Crippen LogP contribution in [0.15, 0.2) is 6.33 Å². The molecule has 1 aliphatic rings. The van der Waals surface area contributed by atoms with Crippen LogP contribution in [0.3, 0.4) is 0 Å². The van der Waals surface area contributed by atoms with Gasteiger partial charge in [0.25, 0.3) is 0 Å². The maximum Gasteiger partial charge on any atom is 0.303 e. The van der Waals surface area contributed by atoms with Crippen molar-refractivity contribution in [2.24, 2.45) is 0 Å². The van der Waals surface area contributed by atoms with Crippen LogP contribution in [0.1, 0.15) is 33.9 Å². The number of hydrogen-bond acceptors (Lipinski definition) is 11. The number of ether oxygens (including phenoxy) is 4. The van der Waals surface area contributed by atoms with E-state index in [1.54, 1.807) is 0 Å². The number of fused-ring (bicyclic) bond motifs is 1. The zero-order chi connectivity index (χ0) is 23.6. The molecule has 4 atom stereocenters. The first kappa shape index (κ1) is 23.3. The van der Waals surface area contributed by atoms with E-state index in [4.69, 9.17) is 30.5 Å². The number of hydrogen-bond donors (Lipinski definition) is 1. The zero-order valence-corrected chi connectivity index (χ0v) is 18.3. The van der Waals surface area contributed by atoms with E-state index < -0.39 is 48.4 Å². The number of amides is 1. The van der Waals surface area contributed by atoms with Gasteiger partial charge in [-0.15, -0.1) is 0 Å². The molecule has 1 fully saturated rings. The van der Waals surface area contributed by atoms with E-state index in [1.807, 2.05) is 0 Å². The van der Waals surface area contributed by atoms with Crippen LogP contribution in [0.4, 0.5) is 5.82 Å². The van der Waals surface area contributed by atoms with Crippen molar-refractivity contribution in [3.63, 3.8) is 0 Å². The second kappa shape index (κ2) is 9.44. The lowest BCUT2D eigenvalue weighted by Gasteiger charge is -2.23. The summed E-state index contributed by atoms with van der Waals surface area (Å²) in [6.07, 6.45) is -2.94. The third-order valence-electron chi connectivity index (χ3n) is 4.30. The number of halogens is 1. The second-order valence-corrected chi connectivity index (χ2v) is 7.20. The highest BCUT2D eigenvalue weighted by Crippen LogP contribution is 2.36. The molecular formula is C18H20ClN5O8. The monoisotopic (exact) mass is 469 g/mol. The molecule has 0 unspecified atom stereocenters. The Balaban J connectivity index is 2.07. The normalized spacial score (nSPS) is 22.4. The zero-order valence-electron chi connectivity index (χ0n) is 17.5. The van der Waals surface area contributed by atoms with Crippen molar-refractivity contribution < 1.29 is 38.1 Å². The molecule has 2 aromatic heterocycles. The second-order valence-electron chi connectivity index (χ2n) is 6.86. The summed E-state index contributed by atoms with van der Waals surface area (Å²) in [6, 6.07) is 0. The van der Waals surface area contributed by atoms with E-state index in [2.05, 4.69) is 20.3 Å². The van der Waals surface area contributed by atoms with Gasteiger partial charge in [-0.2, -0.15) is 9.97 Å². The molecule has 0 spiro atoms. The topological polar surface area (TPSA) is 161 Å². The van der Waals surface area contributed by atoms with Crippen LogP contribution in [0.5, 0.6) is 0 Å². The Morgan fingerprint density at radius 1 is 1.06 bits per heavy atom. The fourth-order valence-electron chi connectivity index (χ4n) is 3.25. The minimum absolute atomic E-state index is 0.0706. The van der Waals surface area contributed by atoms with E-state index in [9.17, 15) is 19.2 Å². The van der Waals surface area contributed by atoms with Crippen molar-refractivity contribution in [3.8, 4) is 0 Å². The van der Waals surface area contributed by atoms with Gasteiger partial charge in [-0.3, -0.25) is 23.7 Å². The van der Waals surface area contributed by atoms with Crippen LogP contribution in [0.2, 0.25) is 5.28 Å². The van der Waals surface area contributed by atoms with Crippen LogP contribution in [0, 0.1) is 0 Å². The fraction of sp³-hybridized carbons (Fsp3) is 0.500. The minimum atomic E-state index is -1.13. The number of carbonyl (C=O) groups is 4. The molecule has 13 nitrogen and oxygen atoms in total. The quantitative estimate of drug-likeness (QED) is 0.361. The Bertz CT molecular complexity index is 1070. The third kappa shape index (κ3) is 5.11.